The van der Waals surface area contributed by atoms with E-state index < -0.39 is 0 Å². The zero-order valence-electron chi connectivity index (χ0n) is 19.3. The first-order valence-electron chi connectivity index (χ1n) is 11.0. The normalized spacial score (nSPS) is 16.6. The predicted molar refractivity (Wildman–Crippen MR) is 123 cm³/mol. The molecule has 1 aliphatic rings. The summed E-state index contributed by atoms with van der Waals surface area (Å²) in [7, 11) is 3.46. The zero-order valence-corrected chi connectivity index (χ0v) is 19.3. The number of piperidine rings is 1. The number of nitrogens with one attached hydrogen (secondary N) is 3. The fourth-order valence-corrected chi connectivity index (χ4v) is 3.55. The Morgan fingerprint density at radius 2 is 1.70 bits per heavy atom. The molecular weight excluding hydrogens is 378 g/mol. The van der Waals surface area contributed by atoms with E-state index in [9.17, 15) is 4.79 Å². The summed E-state index contributed by atoms with van der Waals surface area (Å²) in [6.07, 6.45) is 3.79. The second-order valence-corrected chi connectivity index (χ2v) is 8.77. The number of guanidine groups is 1. The lowest BCUT2D eigenvalue weighted by Gasteiger charge is -2.35. The molecule has 7 nitrogen and oxygen atoms in total. The van der Waals surface area contributed by atoms with Crippen LogP contribution in [0.3, 0.4) is 0 Å². The van der Waals surface area contributed by atoms with E-state index in [-0.39, 0.29) is 17.4 Å². The van der Waals surface area contributed by atoms with Gasteiger partial charge in [0.25, 0.3) is 0 Å². The topological polar surface area (TPSA) is 78.0 Å². The maximum absolute atomic E-state index is 12.0. The van der Waals surface area contributed by atoms with Crippen molar-refractivity contribution in [2.24, 2.45) is 10.4 Å². The van der Waals surface area contributed by atoms with Crippen LogP contribution in [0.5, 0.6) is 5.75 Å². The Kier molecular flexibility index (Phi) is 9.43. The third-order valence-corrected chi connectivity index (χ3v) is 5.40. The number of amides is 1. The molecular formula is C23H39N5O2. The Morgan fingerprint density at radius 3 is 2.27 bits per heavy atom. The Balaban J connectivity index is 1.91. The lowest BCUT2D eigenvalue weighted by Crippen LogP contribution is -2.46. The average molecular weight is 418 g/mol. The van der Waals surface area contributed by atoms with Crippen LogP contribution in [0.1, 0.15) is 51.6 Å². The highest BCUT2D eigenvalue weighted by Crippen LogP contribution is 2.25. The molecule has 168 valence electrons. The molecule has 1 atom stereocenters. The number of nitrogens with zero attached hydrogens (tertiary/aromatic N) is 2. The summed E-state index contributed by atoms with van der Waals surface area (Å²) in [5, 5.41) is 9.71. The summed E-state index contributed by atoms with van der Waals surface area (Å²) in [6.45, 7) is 9.92. The number of hydrogen-bond acceptors (Lipinski definition) is 4. The van der Waals surface area contributed by atoms with E-state index in [0.717, 1.165) is 31.3 Å². The average Bonchev–Trinajstić information content (AvgIpc) is 2.75. The maximum Gasteiger partial charge on any atom is 0.225 e. The maximum atomic E-state index is 12.0. The molecule has 0 aromatic heterocycles. The van der Waals surface area contributed by atoms with E-state index in [1.54, 1.807) is 14.2 Å². The summed E-state index contributed by atoms with van der Waals surface area (Å²) >= 11 is 0. The van der Waals surface area contributed by atoms with Crippen molar-refractivity contribution in [3.8, 4) is 5.75 Å². The Morgan fingerprint density at radius 1 is 1.07 bits per heavy atom. The summed E-state index contributed by atoms with van der Waals surface area (Å²) in [4.78, 5) is 18.9. The van der Waals surface area contributed by atoms with E-state index in [4.69, 9.17) is 4.74 Å². The first-order valence-corrected chi connectivity index (χ1v) is 11.0. The number of benzene rings is 1. The van der Waals surface area contributed by atoms with Gasteiger partial charge in [-0.2, -0.15) is 0 Å². The van der Waals surface area contributed by atoms with Crippen molar-refractivity contribution in [1.29, 1.82) is 0 Å². The van der Waals surface area contributed by atoms with Crippen LogP contribution >= 0.6 is 0 Å². The summed E-state index contributed by atoms with van der Waals surface area (Å²) in [5.74, 6) is 1.67. The van der Waals surface area contributed by atoms with Crippen molar-refractivity contribution in [1.82, 2.24) is 20.9 Å². The predicted octanol–water partition coefficient (Wildman–Crippen LogP) is 2.55. The van der Waals surface area contributed by atoms with Crippen LogP contribution in [0, 0.1) is 5.41 Å². The summed E-state index contributed by atoms with van der Waals surface area (Å²) in [6, 6.07) is 8.63. The van der Waals surface area contributed by atoms with E-state index in [1.165, 1.54) is 24.8 Å². The smallest absolute Gasteiger partial charge is 0.225 e. The molecule has 0 spiro atoms. The molecule has 0 radical (unpaired) electrons. The first kappa shape index (κ1) is 24.0. The van der Waals surface area contributed by atoms with Crippen LogP contribution in [-0.2, 0) is 4.79 Å². The molecule has 1 fully saturated rings. The quantitative estimate of drug-likeness (QED) is 0.344. The third kappa shape index (κ3) is 7.52. The molecule has 0 bridgehead atoms. The fraction of sp³-hybridized carbons (Fsp3) is 0.652. The number of rotatable bonds is 8. The Hall–Kier alpha value is -2.28. The standard InChI is InChI=1S/C23H39N5O2/c1-23(2,3)21(29)25-13-14-26-22(24-4)27-17-20(28-15-7-6-8-16-28)18-9-11-19(30-5)12-10-18/h9-12,20H,6-8,13-17H2,1-5H3,(H,25,29)(H2,24,26,27). The van der Waals surface area contributed by atoms with Crippen LogP contribution < -0.4 is 20.7 Å². The zero-order chi connectivity index (χ0) is 22.0. The number of carbonyl (C=O) groups is 1. The highest BCUT2D eigenvalue weighted by atomic mass is 16.5. The number of carbonyl (C=O) groups excluding carboxylic acids is 1. The van der Waals surface area contributed by atoms with Gasteiger partial charge in [0.15, 0.2) is 5.96 Å². The molecule has 1 saturated heterocycles. The van der Waals surface area contributed by atoms with Crippen molar-refractivity contribution < 1.29 is 9.53 Å². The van der Waals surface area contributed by atoms with Gasteiger partial charge in [-0.25, -0.2) is 0 Å². The van der Waals surface area contributed by atoms with Gasteiger partial charge in [-0.05, 0) is 43.6 Å². The number of hydrogen-bond donors (Lipinski definition) is 3. The van der Waals surface area contributed by atoms with Crippen molar-refractivity contribution in [2.45, 2.75) is 46.1 Å². The Bertz CT molecular complexity index is 676. The molecule has 1 aliphatic heterocycles. The highest BCUT2D eigenvalue weighted by molar-refractivity contribution is 5.81. The van der Waals surface area contributed by atoms with Gasteiger partial charge in [0.05, 0.1) is 13.2 Å². The summed E-state index contributed by atoms with van der Waals surface area (Å²) in [5.41, 5.74) is 0.901. The van der Waals surface area contributed by atoms with Crippen molar-refractivity contribution in [2.75, 3.05) is 46.9 Å². The summed E-state index contributed by atoms with van der Waals surface area (Å²) < 4.78 is 5.31. The van der Waals surface area contributed by atoms with E-state index >= 15 is 0 Å². The number of aliphatic imine (C=N–C) groups is 1. The van der Waals surface area contributed by atoms with Gasteiger partial charge in [0.2, 0.25) is 5.91 Å². The molecule has 1 aromatic rings. The lowest BCUT2D eigenvalue weighted by molar-refractivity contribution is -0.128. The van der Waals surface area contributed by atoms with Gasteiger partial charge in [-0.15, -0.1) is 0 Å². The molecule has 30 heavy (non-hydrogen) atoms. The number of methoxy groups -OCH3 is 1. The molecule has 0 aliphatic carbocycles. The number of likely N-dealkylation sites (tertiary alicyclic amines) is 1. The van der Waals surface area contributed by atoms with Crippen molar-refractivity contribution in [3.63, 3.8) is 0 Å². The third-order valence-electron chi connectivity index (χ3n) is 5.40. The molecule has 2 rings (SSSR count). The monoisotopic (exact) mass is 417 g/mol. The van der Waals surface area contributed by atoms with Gasteiger partial charge >= 0.3 is 0 Å². The van der Waals surface area contributed by atoms with Gasteiger partial charge in [0, 0.05) is 32.1 Å². The molecule has 1 aromatic carbocycles. The first-order chi connectivity index (χ1) is 14.3. The minimum absolute atomic E-state index is 0.0527. The van der Waals surface area contributed by atoms with Crippen LogP contribution in [-0.4, -0.2) is 63.6 Å². The van der Waals surface area contributed by atoms with Crippen LogP contribution in [0.4, 0.5) is 0 Å². The van der Waals surface area contributed by atoms with Crippen molar-refractivity contribution >= 4 is 11.9 Å². The largest absolute Gasteiger partial charge is 0.497 e. The van der Waals surface area contributed by atoms with E-state index in [1.807, 2.05) is 32.9 Å². The van der Waals surface area contributed by atoms with Gasteiger partial charge in [-0.1, -0.05) is 39.3 Å². The van der Waals surface area contributed by atoms with Gasteiger partial charge < -0.3 is 20.7 Å². The van der Waals surface area contributed by atoms with Gasteiger partial charge in [0.1, 0.15) is 5.75 Å². The Labute approximate surface area is 181 Å². The molecule has 7 heteroatoms. The fourth-order valence-electron chi connectivity index (χ4n) is 3.55. The van der Waals surface area contributed by atoms with Crippen LogP contribution in [0.15, 0.2) is 29.3 Å². The SMILES string of the molecule is CN=C(NCCNC(=O)C(C)(C)C)NCC(c1ccc(OC)cc1)N1CCCCC1. The second kappa shape index (κ2) is 11.8. The second-order valence-electron chi connectivity index (χ2n) is 8.77. The van der Waals surface area contributed by atoms with E-state index in [2.05, 4.69) is 38.0 Å². The highest BCUT2D eigenvalue weighted by Gasteiger charge is 2.23. The van der Waals surface area contributed by atoms with E-state index in [0.29, 0.717) is 13.1 Å². The minimum Gasteiger partial charge on any atom is -0.497 e. The van der Waals surface area contributed by atoms with Crippen LogP contribution in [0.2, 0.25) is 0 Å². The minimum atomic E-state index is -0.375. The molecule has 0 saturated carbocycles. The lowest BCUT2D eigenvalue weighted by atomic mass is 9.96. The van der Waals surface area contributed by atoms with Gasteiger partial charge in [-0.3, -0.25) is 14.7 Å². The number of ether oxygens (including phenoxy) is 1. The van der Waals surface area contributed by atoms with Crippen molar-refractivity contribution in [3.05, 3.63) is 29.8 Å². The molecule has 3 N–H and O–H groups in total. The van der Waals surface area contributed by atoms with Crippen LogP contribution in [0.25, 0.3) is 0 Å². The molecule has 1 unspecified atom stereocenters. The molecule has 1 heterocycles. The molecule has 1 amide bonds.